The third-order valence-corrected chi connectivity index (χ3v) is 6.66. The minimum atomic E-state index is -1.29. The molecule has 28 heavy (non-hydrogen) atoms. The molecule has 0 aliphatic carbocycles. The van der Waals surface area contributed by atoms with Crippen molar-refractivity contribution in [2.75, 3.05) is 0 Å². The predicted octanol–water partition coefficient (Wildman–Crippen LogP) is 0.561. The van der Waals surface area contributed by atoms with Crippen LogP contribution in [0, 0.1) is 6.92 Å². The summed E-state index contributed by atoms with van der Waals surface area (Å²) in [5.41, 5.74) is 1.38. The Balaban J connectivity index is 1.58. The van der Waals surface area contributed by atoms with E-state index in [1.54, 1.807) is 20.8 Å². The number of β-lactam (4-membered cyclic amide) rings is 1. The minimum absolute atomic E-state index is 0.260. The predicted molar refractivity (Wildman–Crippen MR) is 99.0 cm³/mol. The summed E-state index contributed by atoms with van der Waals surface area (Å²) in [5.74, 6) is -1.86. The summed E-state index contributed by atoms with van der Waals surface area (Å²) in [6.07, 6.45) is 0. The summed E-state index contributed by atoms with van der Waals surface area (Å²) in [6, 6.07) is 7.29. The van der Waals surface area contributed by atoms with Crippen molar-refractivity contribution in [3.05, 3.63) is 41.7 Å². The lowest BCUT2D eigenvalue weighted by atomic mass is 9.95. The monoisotopic (exact) mass is 400 g/mol. The molecular weight excluding hydrogens is 382 g/mol. The number of nitrogens with zero attached hydrogens (tertiary/aromatic N) is 2. The van der Waals surface area contributed by atoms with Crippen LogP contribution in [0.15, 0.2) is 34.9 Å². The topological polar surface area (TPSA) is 116 Å². The van der Waals surface area contributed by atoms with Gasteiger partial charge in [-0.25, -0.2) is 0 Å². The number of carboxylic acid groups (broad SMARTS) is 1. The molecule has 0 unspecified atom stereocenters. The summed E-state index contributed by atoms with van der Waals surface area (Å²) >= 11 is 1.34. The molecule has 2 amide bonds. The van der Waals surface area contributed by atoms with Crippen molar-refractivity contribution >= 4 is 29.5 Å². The molecule has 0 bridgehead atoms. The summed E-state index contributed by atoms with van der Waals surface area (Å²) in [5, 5.41) is 17.7. The van der Waals surface area contributed by atoms with Crippen LogP contribution in [0.5, 0.6) is 0 Å². The molecule has 1 aromatic heterocycles. The summed E-state index contributed by atoms with van der Waals surface area (Å²) in [4.78, 5) is 38.2. The van der Waals surface area contributed by atoms with E-state index in [1.165, 1.54) is 16.7 Å². The number of hydrogen-bond acceptors (Lipinski definition) is 7. The molecule has 2 aliphatic rings. The number of benzene rings is 1. The van der Waals surface area contributed by atoms with Crippen LogP contribution >= 0.6 is 11.8 Å². The van der Waals surface area contributed by atoms with Gasteiger partial charge in [-0.15, -0.1) is 11.8 Å². The van der Waals surface area contributed by atoms with E-state index in [2.05, 4.69) is 10.5 Å². The van der Waals surface area contributed by atoms with E-state index in [0.717, 1.165) is 5.56 Å². The number of aliphatic carboxylic acids is 1. The van der Waals surface area contributed by atoms with Crippen LogP contribution in [0.1, 0.15) is 30.0 Å². The number of aryl methyl sites for hydroxylation is 1. The van der Waals surface area contributed by atoms with Crippen molar-refractivity contribution in [1.29, 1.82) is 0 Å². The Hall–Kier alpha value is -2.81. The third kappa shape index (κ3) is 2.69. The minimum Gasteiger partial charge on any atom is -0.548 e. The van der Waals surface area contributed by atoms with Crippen LogP contribution in [0.2, 0.25) is 0 Å². The first-order valence-corrected chi connectivity index (χ1v) is 9.64. The zero-order valence-electron chi connectivity index (χ0n) is 15.5. The van der Waals surface area contributed by atoms with Crippen LogP contribution in [-0.4, -0.2) is 50.0 Å². The molecule has 8 nitrogen and oxygen atoms in total. The Morgan fingerprint density at radius 3 is 2.61 bits per heavy atom. The molecule has 2 aliphatic heterocycles. The number of hydrogen-bond donors (Lipinski definition) is 1. The molecule has 0 radical (unpaired) electrons. The second kappa shape index (κ2) is 6.37. The van der Waals surface area contributed by atoms with Crippen molar-refractivity contribution < 1.29 is 24.0 Å². The molecule has 0 spiro atoms. The van der Waals surface area contributed by atoms with Gasteiger partial charge in [0.05, 0.1) is 12.0 Å². The van der Waals surface area contributed by atoms with Gasteiger partial charge in [0.25, 0.3) is 5.91 Å². The second-order valence-electron chi connectivity index (χ2n) is 7.36. The quantitative estimate of drug-likeness (QED) is 0.746. The van der Waals surface area contributed by atoms with Crippen LogP contribution in [0.25, 0.3) is 11.3 Å². The van der Waals surface area contributed by atoms with Gasteiger partial charge in [0.15, 0.2) is 0 Å². The maximum atomic E-state index is 12.9. The fourth-order valence-corrected chi connectivity index (χ4v) is 5.39. The molecular formula is C19H18N3O5S-. The number of carbonyl (C=O) groups is 3. The van der Waals surface area contributed by atoms with Crippen LogP contribution < -0.4 is 10.4 Å². The Bertz CT molecular complexity index is 971. The Morgan fingerprint density at radius 2 is 1.96 bits per heavy atom. The summed E-state index contributed by atoms with van der Waals surface area (Å²) < 4.78 is 4.49. The maximum absolute atomic E-state index is 12.9. The molecule has 2 aromatic rings. The normalized spacial score (nSPS) is 25.2. The van der Waals surface area contributed by atoms with E-state index in [1.807, 2.05) is 30.3 Å². The number of thioether (sulfide) groups is 1. The smallest absolute Gasteiger partial charge is 0.257 e. The van der Waals surface area contributed by atoms with Crippen LogP contribution in [0.4, 0.5) is 0 Å². The molecule has 2 fully saturated rings. The number of rotatable bonds is 4. The van der Waals surface area contributed by atoms with Crippen LogP contribution in [0.3, 0.4) is 0 Å². The van der Waals surface area contributed by atoms with Gasteiger partial charge in [-0.05, 0) is 20.8 Å². The number of carbonyl (C=O) groups excluding carboxylic acids is 3. The number of carboxylic acids is 1. The third-order valence-electron chi connectivity index (χ3n) is 5.09. The Morgan fingerprint density at radius 1 is 1.29 bits per heavy atom. The Labute approximate surface area is 165 Å². The van der Waals surface area contributed by atoms with Gasteiger partial charge >= 0.3 is 0 Å². The highest BCUT2D eigenvalue weighted by molar-refractivity contribution is 8.01. The number of aromatic nitrogens is 1. The standard InChI is InChI=1S/C19H19N3O5S/c1-9-11(12(21-27-9)10-7-5-4-6-8-10)15(23)20-13-16(24)22-14(18(25)26)19(2,3)28-17(13)22/h4-8,13-14,17H,1-3H3,(H,20,23)(H,25,26)/p-1/t13-,14+,17+/m0/s1. The molecule has 1 aromatic carbocycles. The van der Waals surface area contributed by atoms with E-state index in [4.69, 9.17) is 4.52 Å². The van der Waals surface area contributed by atoms with E-state index in [9.17, 15) is 19.5 Å². The molecule has 146 valence electrons. The molecule has 3 heterocycles. The first-order valence-electron chi connectivity index (χ1n) is 8.76. The zero-order chi connectivity index (χ0) is 20.2. The van der Waals surface area contributed by atoms with E-state index in [-0.39, 0.29) is 5.56 Å². The first kappa shape index (κ1) is 18.5. The second-order valence-corrected chi connectivity index (χ2v) is 9.13. The highest BCUT2D eigenvalue weighted by Gasteiger charge is 2.62. The van der Waals surface area contributed by atoms with E-state index >= 15 is 0 Å². The van der Waals surface area contributed by atoms with Gasteiger partial charge in [-0.1, -0.05) is 35.5 Å². The fraction of sp³-hybridized carbons (Fsp3) is 0.368. The van der Waals surface area contributed by atoms with Gasteiger partial charge in [-0.3, -0.25) is 9.59 Å². The summed E-state index contributed by atoms with van der Waals surface area (Å²) in [7, 11) is 0. The molecule has 1 N–H and O–H groups in total. The van der Waals surface area contributed by atoms with Crippen LogP contribution in [-0.2, 0) is 9.59 Å². The largest absolute Gasteiger partial charge is 0.548 e. The number of fused-ring (bicyclic) bond motifs is 1. The lowest BCUT2D eigenvalue weighted by Gasteiger charge is -2.45. The van der Waals surface area contributed by atoms with Crippen molar-refractivity contribution in [1.82, 2.24) is 15.4 Å². The van der Waals surface area contributed by atoms with Crippen molar-refractivity contribution in [3.8, 4) is 11.3 Å². The van der Waals surface area contributed by atoms with Crippen molar-refractivity contribution in [2.45, 2.75) is 43.0 Å². The maximum Gasteiger partial charge on any atom is 0.257 e. The average molecular weight is 400 g/mol. The highest BCUT2D eigenvalue weighted by Crippen LogP contribution is 2.50. The Kier molecular flexibility index (Phi) is 4.22. The fourth-order valence-electron chi connectivity index (χ4n) is 3.77. The molecule has 2 saturated heterocycles. The number of amides is 2. The molecule has 3 atom stereocenters. The van der Waals surface area contributed by atoms with Gasteiger partial charge in [0, 0.05) is 10.3 Å². The zero-order valence-corrected chi connectivity index (χ0v) is 16.3. The highest BCUT2D eigenvalue weighted by atomic mass is 32.2. The van der Waals surface area contributed by atoms with E-state index in [0.29, 0.717) is 11.5 Å². The van der Waals surface area contributed by atoms with E-state index < -0.39 is 40.0 Å². The van der Waals surface area contributed by atoms with Gasteiger partial charge in [0.1, 0.15) is 28.4 Å². The first-order chi connectivity index (χ1) is 13.2. The molecule has 0 saturated carbocycles. The molecule has 4 rings (SSSR count). The lowest BCUT2D eigenvalue weighted by Crippen LogP contribution is -2.71. The SMILES string of the molecule is Cc1onc(-c2ccccc2)c1C(=O)N[C@H]1C(=O)N2[C@@H]1SC(C)(C)[C@H]2C(=O)[O-]. The van der Waals surface area contributed by atoms with Gasteiger partial charge < -0.3 is 24.6 Å². The van der Waals surface area contributed by atoms with Crippen molar-refractivity contribution in [3.63, 3.8) is 0 Å². The molecule has 9 heteroatoms. The van der Waals surface area contributed by atoms with Gasteiger partial charge in [0.2, 0.25) is 5.91 Å². The number of nitrogens with one attached hydrogen (secondary N) is 1. The van der Waals surface area contributed by atoms with Crippen molar-refractivity contribution in [2.24, 2.45) is 0 Å². The average Bonchev–Trinajstić information content (AvgIpc) is 3.15. The summed E-state index contributed by atoms with van der Waals surface area (Å²) in [6.45, 7) is 5.13. The lowest BCUT2D eigenvalue weighted by molar-refractivity contribution is -0.312. The van der Waals surface area contributed by atoms with Gasteiger partial charge in [-0.2, -0.15) is 0 Å².